The molecule has 0 saturated carbocycles. The molecule has 2 N–H and O–H groups in total. The van der Waals surface area contributed by atoms with Crippen LogP contribution in [0.2, 0.25) is 5.02 Å². The van der Waals surface area contributed by atoms with Gasteiger partial charge in [-0.15, -0.1) is 0 Å². The Hall–Kier alpha value is -0.930. The fraction of sp³-hybridized carbons (Fsp3) is 0.500. The Morgan fingerprint density at radius 3 is 2.75 bits per heavy atom. The van der Waals surface area contributed by atoms with Gasteiger partial charge in [0.05, 0.1) is 16.4 Å². The summed E-state index contributed by atoms with van der Waals surface area (Å²) in [6.45, 7) is 5.23. The highest BCUT2D eigenvalue weighted by atomic mass is 35.5. The zero-order valence-corrected chi connectivity index (χ0v) is 10.5. The van der Waals surface area contributed by atoms with Crippen LogP contribution in [0.15, 0.2) is 18.2 Å². The van der Waals surface area contributed by atoms with Crippen molar-refractivity contribution in [2.75, 3.05) is 37.3 Å². The lowest BCUT2D eigenvalue weighted by Gasteiger charge is -2.39. The van der Waals surface area contributed by atoms with Crippen LogP contribution in [0.5, 0.6) is 0 Å². The Morgan fingerprint density at radius 2 is 2.12 bits per heavy atom. The minimum atomic E-state index is 0.532. The van der Waals surface area contributed by atoms with E-state index in [0.717, 1.165) is 36.0 Å². The minimum absolute atomic E-state index is 0.532. The zero-order chi connectivity index (χ0) is 11.7. The van der Waals surface area contributed by atoms with Crippen LogP contribution in [0.3, 0.4) is 0 Å². The van der Waals surface area contributed by atoms with Crippen molar-refractivity contribution >= 4 is 23.0 Å². The van der Waals surface area contributed by atoms with Crippen LogP contribution in [0.4, 0.5) is 11.4 Å². The summed E-state index contributed by atoms with van der Waals surface area (Å²) in [6.07, 6.45) is 0. The van der Waals surface area contributed by atoms with Crippen molar-refractivity contribution in [1.82, 2.24) is 4.90 Å². The lowest BCUT2D eigenvalue weighted by Crippen LogP contribution is -2.50. The highest BCUT2D eigenvalue weighted by molar-refractivity contribution is 6.34. The molecule has 1 aromatic carbocycles. The van der Waals surface area contributed by atoms with E-state index in [1.54, 1.807) is 0 Å². The number of hydrogen-bond acceptors (Lipinski definition) is 3. The Labute approximate surface area is 102 Å². The van der Waals surface area contributed by atoms with Crippen LogP contribution in [0, 0.1) is 0 Å². The molecule has 1 atom stereocenters. The van der Waals surface area contributed by atoms with Gasteiger partial charge in [-0.1, -0.05) is 17.7 Å². The second kappa shape index (κ2) is 4.52. The van der Waals surface area contributed by atoms with Crippen LogP contribution in [-0.2, 0) is 0 Å². The molecule has 3 nitrogen and oxygen atoms in total. The quantitative estimate of drug-likeness (QED) is 0.762. The molecule has 2 rings (SSSR count). The molecule has 1 aliphatic heterocycles. The maximum Gasteiger partial charge on any atom is 0.0790 e. The van der Waals surface area contributed by atoms with Crippen LogP contribution >= 0.6 is 11.6 Å². The predicted molar refractivity (Wildman–Crippen MR) is 70.2 cm³/mol. The van der Waals surface area contributed by atoms with E-state index >= 15 is 0 Å². The number of rotatable bonds is 1. The number of nitrogens with zero attached hydrogens (tertiary/aromatic N) is 2. The molecule has 88 valence electrons. The first-order valence-electron chi connectivity index (χ1n) is 5.58. The van der Waals surface area contributed by atoms with Crippen LogP contribution < -0.4 is 10.6 Å². The molecule has 1 heterocycles. The number of benzene rings is 1. The Kier molecular flexibility index (Phi) is 3.26. The molecule has 4 heteroatoms. The molecular formula is C12H18ClN3. The summed E-state index contributed by atoms with van der Waals surface area (Å²) >= 11 is 6.21. The maximum absolute atomic E-state index is 6.21. The average Bonchev–Trinajstić information content (AvgIpc) is 2.23. The molecule has 0 aromatic heterocycles. The van der Waals surface area contributed by atoms with Crippen LogP contribution in [0.25, 0.3) is 0 Å². The number of piperazine rings is 1. The molecule has 1 aromatic rings. The monoisotopic (exact) mass is 239 g/mol. The average molecular weight is 240 g/mol. The van der Waals surface area contributed by atoms with Gasteiger partial charge in [-0.2, -0.15) is 0 Å². The molecule has 1 fully saturated rings. The van der Waals surface area contributed by atoms with Gasteiger partial charge < -0.3 is 15.5 Å². The van der Waals surface area contributed by atoms with E-state index in [4.69, 9.17) is 17.3 Å². The van der Waals surface area contributed by atoms with E-state index in [0.29, 0.717) is 6.04 Å². The molecule has 1 unspecified atom stereocenters. The van der Waals surface area contributed by atoms with E-state index < -0.39 is 0 Å². The van der Waals surface area contributed by atoms with Crippen molar-refractivity contribution in [2.45, 2.75) is 13.0 Å². The summed E-state index contributed by atoms with van der Waals surface area (Å²) in [5.41, 5.74) is 7.75. The first-order valence-corrected chi connectivity index (χ1v) is 5.96. The van der Waals surface area contributed by atoms with Crippen molar-refractivity contribution in [1.29, 1.82) is 0 Å². The van der Waals surface area contributed by atoms with Crippen LogP contribution in [-0.4, -0.2) is 37.6 Å². The van der Waals surface area contributed by atoms with Gasteiger partial charge in [-0.3, -0.25) is 0 Å². The van der Waals surface area contributed by atoms with Crippen molar-refractivity contribution in [2.24, 2.45) is 0 Å². The van der Waals surface area contributed by atoms with Crippen molar-refractivity contribution in [3.05, 3.63) is 23.2 Å². The van der Waals surface area contributed by atoms with Gasteiger partial charge in [0, 0.05) is 25.7 Å². The lowest BCUT2D eigenvalue weighted by atomic mass is 10.1. The van der Waals surface area contributed by atoms with Gasteiger partial charge in [0.1, 0.15) is 0 Å². The molecule has 0 spiro atoms. The summed E-state index contributed by atoms with van der Waals surface area (Å²) in [4.78, 5) is 4.63. The van der Waals surface area contributed by atoms with Gasteiger partial charge in [0.2, 0.25) is 0 Å². The SMILES string of the molecule is CC1CN(c2c(N)cccc2Cl)CCN1C. The minimum Gasteiger partial charge on any atom is -0.397 e. The maximum atomic E-state index is 6.21. The molecule has 0 aliphatic carbocycles. The fourth-order valence-corrected chi connectivity index (χ4v) is 2.42. The van der Waals surface area contributed by atoms with Gasteiger partial charge in [-0.25, -0.2) is 0 Å². The molecule has 0 radical (unpaired) electrons. The van der Waals surface area contributed by atoms with Gasteiger partial charge in [0.25, 0.3) is 0 Å². The van der Waals surface area contributed by atoms with Crippen molar-refractivity contribution in [3.8, 4) is 0 Å². The third-order valence-electron chi connectivity index (χ3n) is 3.29. The molecule has 16 heavy (non-hydrogen) atoms. The molecule has 0 bridgehead atoms. The number of halogens is 1. The van der Waals surface area contributed by atoms with E-state index in [2.05, 4.69) is 23.8 Å². The second-order valence-electron chi connectivity index (χ2n) is 4.45. The number of hydrogen-bond donors (Lipinski definition) is 1. The van der Waals surface area contributed by atoms with Gasteiger partial charge in [-0.05, 0) is 26.1 Å². The highest BCUT2D eigenvalue weighted by Crippen LogP contribution is 2.32. The smallest absolute Gasteiger partial charge is 0.0790 e. The standard InChI is InChI=1S/C12H18ClN3/c1-9-8-16(7-6-15(9)2)12-10(13)4-3-5-11(12)14/h3-5,9H,6-8,14H2,1-2H3. The predicted octanol–water partition coefficient (Wildman–Crippen LogP) is 2.06. The normalized spacial score (nSPS) is 22.4. The zero-order valence-electron chi connectivity index (χ0n) is 9.78. The topological polar surface area (TPSA) is 32.5 Å². The van der Waals surface area contributed by atoms with E-state index in [1.165, 1.54) is 0 Å². The Balaban J connectivity index is 2.25. The first kappa shape index (κ1) is 11.6. The van der Waals surface area contributed by atoms with Crippen molar-refractivity contribution < 1.29 is 0 Å². The number of nitrogen functional groups attached to an aromatic ring is 1. The third-order valence-corrected chi connectivity index (χ3v) is 3.60. The first-order chi connectivity index (χ1) is 7.59. The number of likely N-dealkylation sites (N-methyl/N-ethyl adjacent to an activating group) is 1. The number of anilines is 2. The van der Waals surface area contributed by atoms with Crippen molar-refractivity contribution in [3.63, 3.8) is 0 Å². The van der Waals surface area contributed by atoms with Gasteiger partial charge in [0.15, 0.2) is 0 Å². The summed E-state index contributed by atoms with van der Waals surface area (Å²) in [6, 6.07) is 6.23. The molecule has 1 saturated heterocycles. The third kappa shape index (κ3) is 2.11. The largest absolute Gasteiger partial charge is 0.397 e. The molecular weight excluding hydrogens is 222 g/mol. The molecule has 0 amide bonds. The summed E-state index contributed by atoms with van der Waals surface area (Å²) in [7, 11) is 2.15. The Bertz CT molecular complexity index is 360. The van der Waals surface area contributed by atoms with E-state index in [-0.39, 0.29) is 0 Å². The second-order valence-corrected chi connectivity index (χ2v) is 4.86. The summed E-state index contributed by atoms with van der Waals surface area (Å²) in [5.74, 6) is 0. The number of para-hydroxylation sites is 1. The summed E-state index contributed by atoms with van der Waals surface area (Å²) in [5, 5.41) is 0.747. The number of nitrogens with two attached hydrogens (primary N) is 1. The van der Waals surface area contributed by atoms with E-state index in [1.807, 2.05) is 18.2 Å². The lowest BCUT2D eigenvalue weighted by molar-refractivity contribution is 0.234. The summed E-state index contributed by atoms with van der Waals surface area (Å²) < 4.78 is 0. The van der Waals surface area contributed by atoms with Crippen LogP contribution in [0.1, 0.15) is 6.92 Å². The fourth-order valence-electron chi connectivity index (χ4n) is 2.12. The van der Waals surface area contributed by atoms with E-state index in [9.17, 15) is 0 Å². The molecule has 1 aliphatic rings. The van der Waals surface area contributed by atoms with Gasteiger partial charge >= 0.3 is 0 Å². The highest BCUT2D eigenvalue weighted by Gasteiger charge is 2.23. The Morgan fingerprint density at radius 1 is 1.38 bits per heavy atom.